The summed E-state index contributed by atoms with van der Waals surface area (Å²) in [4.78, 5) is 25.4. The fourth-order valence-electron chi connectivity index (χ4n) is 2.74. The number of amides is 2. The van der Waals surface area contributed by atoms with Crippen molar-refractivity contribution in [2.45, 2.75) is 13.8 Å². The monoisotopic (exact) mass is 380 g/mol. The number of carbonyl (C=O) groups excluding carboxylic acids is 2. The minimum absolute atomic E-state index is 0.123. The molecule has 0 spiro atoms. The molecule has 142 valence electrons. The Bertz CT molecular complexity index is 980. The zero-order valence-corrected chi connectivity index (χ0v) is 15.3. The van der Waals surface area contributed by atoms with Crippen molar-refractivity contribution in [1.29, 1.82) is 0 Å². The Morgan fingerprint density at radius 1 is 0.643 bits per heavy atom. The van der Waals surface area contributed by atoms with Crippen LogP contribution in [0.25, 0.3) is 0 Å². The molecule has 3 aromatic rings. The number of nitrogens with one attached hydrogen (secondary N) is 2. The highest BCUT2D eigenvalue weighted by atomic mass is 19.1. The summed E-state index contributed by atoms with van der Waals surface area (Å²) in [7, 11) is 0. The summed E-state index contributed by atoms with van der Waals surface area (Å²) < 4.78 is 27.4. The van der Waals surface area contributed by atoms with Gasteiger partial charge in [-0.2, -0.15) is 0 Å². The summed E-state index contributed by atoms with van der Waals surface area (Å²) in [6.45, 7) is 3.10. The Morgan fingerprint density at radius 2 is 1.04 bits per heavy atom. The van der Waals surface area contributed by atoms with Crippen LogP contribution in [0.2, 0.25) is 0 Å². The quantitative estimate of drug-likeness (QED) is 0.663. The molecule has 0 saturated carbocycles. The molecule has 0 heterocycles. The third-order valence-electron chi connectivity index (χ3n) is 4.45. The van der Waals surface area contributed by atoms with Gasteiger partial charge in [0.2, 0.25) is 0 Å². The molecule has 28 heavy (non-hydrogen) atoms. The van der Waals surface area contributed by atoms with Gasteiger partial charge in [-0.25, -0.2) is 8.78 Å². The van der Waals surface area contributed by atoms with Crippen molar-refractivity contribution in [2.24, 2.45) is 0 Å². The van der Waals surface area contributed by atoms with Crippen molar-refractivity contribution >= 4 is 23.2 Å². The van der Waals surface area contributed by atoms with Gasteiger partial charge in [-0.3, -0.25) is 9.59 Å². The highest BCUT2D eigenvalue weighted by Gasteiger charge is 2.18. The molecule has 4 nitrogen and oxygen atoms in total. The van der Waals surface area contributed by atoms with Crippen molar-refractivity contribution in [2.75, 3.05) is 10.6 Å². The molecule has 2 N–H and O–H groups in total. The molecule has 0 radical (unpaired) electrons. The fraction of sp³-hybridized carbons (Fsp3) is 0.0909. The van der Waals surface area contributed by atoms with Crippen LogP contribution in [0.3, 0.4) is 0 Å². The van der Waals surface area contributed by atoms with Crippen LogP contribution in [0.1, 0.15) is 31.8 Å². The molecular formula is C22H18F2N2O2. The van der Waals surface area contributed by atoms with Crippen LogP contribution in [0.15, 0.2) is 60.7 Å². The minimum atomic E-state index is -0.546. The summed E-state index contributed by atoms with van der Waals surface area (Å²) in [5.41, 5.74) is 1.49. The lowest BCUT2D eigenvalue weighted by molar-refractivity contribution is 0.0990. The van der Waals surface area contributed by atoms with E-state index in [9.17, 15) is 18.4 Å². The molecule has 0 saturated heterocycles. The maximum Gasteiger partial charge on any atom is 0.256 e. The predicted octanol–water partition coefficient (Wildman–Crippen LogP) is 5.09. The first-order chi connectivity index (χ1) is 13.4. The minimum Gasteiger partial charge on any atom is -0.322 e. The lowest BCUT2D eigenvalue weighted by Crippen LogP contribution is -2.21. The van der Waals surface area contributed by atoms with Crippen LogP contribution in [0, 0.1) is 25.5 Å². The van der Waals surface area contributed by atoms with Crippen LogP contribution in [0.4, 0.5) is 20.2 Å². The van der Waals surface area contributed by atoms with Crippen LogP contribution >= 0.6 is 0 Å². The topological polar surface area (TPSA) is 58.2 Å². The molecule has 6 heteroatoms. The van der Waals surface area contributed by atoms with Gasteiger partial charge in [0.15, 0.2) is 0 Å². The van der Waals surface area contributed by atoms with E-state index in [1.54, 1.807) is 38.1 Å². The van der Waals surface area contributed by atoms with E-state index in [0.29, 0.717) is 22.5 Å². The van der Waals surface area contributed by atoms with Crippen LogP contribution < -0.4 is 10.6 Å². The van der Waals surface area contributed by atoms with E-state index in [2.05, 4.69) is 10.6 Å². The second-order valence-electron chi connectivity index (χ2n) is 6.28. The summed E-state index contributed by atoms with van der Waals surface area (Å²) in [5, 5.41) is 5.26. The van der Waals surface area contributed by atoms with Crippen molar-refractivity contribution in [1.82, 2.24) is 0 Å². The van der Waals surface area contributed by atoms with E-state index in [-0.39, 0.29) is 11.1 Å². The van der Waals surface area contributed by atoms with Crippen molar-refractivity contribution < 1.29 is 18.4 Å². The molecule has 0 aromatic heterocycles. The molecule has 3 rings (SSSR count). The summed E-state index contributed by atoms with van der Waals surface area (Å²) in [6.07, 6.45) is 0. The average Bonchev–Trinajstić information content (AvgIpc) is 2.69. The molecule has 0 aliphatic heterocycles. The molecular weight excluding hydrogens is 362 g/mol. The van der Waals surface area contributed by atoms with Crippen LogP contribution in [-0.2, 0) is 0 Å². The molecule has 0 bridgehead atoms. The average molecular weight is 380 g/mol. The molecule has 0 aliphatic carbocycles. The maximum atomic E-state index is 13.7. The molecule has 0 atom stereocenters. The lowest BCUT2D eigenvalue weighted by Gasteiger charge is -2.13. The van der Waals surface area contributed by atoms with E-state index in [1.165, 1.54) is 36.4 Å². The lowest BCUT2D eigenvalue weighted by atomic mass is 10.0. The Labute approximate surface area is 161 Å². The van der Waals surface area contributed by atoms with Gasteiger partial charge in [0.25, 0.3) is 11.8 Å². The largest absolute Gasteiger partial charge is 0.322 e. The van der Waals surface area contributed by atoms with E-state index in [4.69, 9.17) is 0 Å². The van der Waals surface area contributed by atoms with Gasteiger partial charge in [0.1, 0.15) is 11.6 Å². The smallest absolute Gasteiger partial charge is 0.256 e. The summed E-state index contributed by atoms with van der Waals surface area (Å²) >= 11 is 0. The number of benzene rings is 3. The Balaban J connectivity index is 1.88. The van der Waals surface area contributed by atoms with E-state index < -0.39 is 23.4 Å². The van der Waals surface area contributed by atoms with E-state index >= 15 is 0 Å². The van der Waals surface area contributed by atoms with Gasteiger partial charge in [0.05, 0.1) is 11.1 Å². The number of anilines is 2. The van der Waals surface area contributed by atoms with Gasteiger partial charge in [-0.1, -0.05) is 24.3 Å². The first-order valence-corrected chi connectivity index (χ1v) is 8.60. The molecule has 3 aromatic carbocycles. The number of carbonyl (C=O) groups is 2. The Hall–Kier alpha value is -3.54. The summed E-state index contributed by atoms with van der Waals surface area (Å²) in [6, 6.07) is 15.0. The molecule has 2 amide bonds. The first-order valence-electron chi connectivity index (χ1n) is 8.60. The number of hydrogen-bond acceptors (Lipinski definition) is 2. The standard InChI is InChI=1S/C22H18F2N2O2/c1-13-17(23)9-5-11-19(13)25-21(27)15-7-3-4-8-16(15)22(28)26-20-12-6-10-18(24)14(20)2/h3-12H,1-2H3,(H,25,27)(H,26,28). The number of halogens is 2. The molecule has 0 aliphatic rings. The zero-order valence-electron chi connectivity index (χ0n) is 15.3. The van der Waals surface area contributed by atoms with Gasteiger partial charge in [0, 0.05) is 22.5 Å². The Kier molecular flexibility index (Phi) is 5.49. The van der Waals surface area contributed by atoms with Gasteiger partial charge < -0.3 is 10.6 Å². The highest BCUT2D eigenvalue weighted by molar-refractivity contribution is 6.15. The van der Waals surface area contributed by atoms with Crippen LogP contribution in [0.5, 0.6) is 0 Å². The third-order valence-corrected chi connectivity index (χ3v) is 4.45. The molecule has 0 fully saturated rings. The van der Waals surface area contributed by atoms with Crippen molar-refractivity contribution in [3.05, 3.63) is 94.6 Å². The van der Waals surface area contributed by atoms with Gasteiger partial charge in [-0.15, -0.1) is 0 Å². The van der Waals surface area contributed by atoms with Crippen molar-refractivity contribution in [3.8, 4) is 0 Å². The van der Waals surface area contributed by atoms with Gasteiger partial charge in [-0.05, 0) is 50.2 Å². The number of rotatable bonds is 4. The van der Waals surface area contributed by atoms with E-state index in [0.717, 1.165) is 0 Å². The van der Waals surface area contributed by atoms with E-state index in [1.807, 2.05) is 0 Å². The predicted molar refractivity (Wildman–Crippen MR) is 105 cm³/mol. The third kappa shape index (κ3) is 3.91. The van der Waals surface area contributed by atoms with Crippen molar-refractivity contribution in [3.63, 3.8) is 0 Å². The second kappa shape index (κ2) is 8.00. The molecule has 0 unspecified atom stereocenters. The normalized spacial score (nSPS) is 10.4. The Morgan fingerprint density at radius 3 is 1.43 bits per heavy atom. The highest BCUT2D eigenvalue weighted by Crippen LogP contribution is 2.21. The maximum absolute atomic E-state index is 13.7. The fourth-order valence-corrected chi connectivity index (χ4v) is 2.74. The SMILES string of the molecule is Cc1c(F)cccc1NC(=O)c1ccccc1C(=O)Nc1cccc(F)c1C. The van der Waals surface area contributed by atoms with Crippen LogP contribution in [-0.4, -0.2) is 11.8 Å². The number of hydrogen-bond donors (Lipinski definition) is 2. The second-order valence-corrected chi connectivity index (χ2v) is 6.28. The summed E-state index contributed by atoms with van der Waals surface area (Å²) in [5.74, 6) is -1.97. The first kappa shape index (κ1) is 19.2. The van der Waals surface area contributed by atoms with Gasteiger partial charge >= 0.3 is 0 Å². The zero-order chi connectivity index (χ0) is 20.3.